The minimum Gasteiger partial charge on any atom is -0.378 e. The molecule has 2 fully saturated rings. The fourth-order valence-corrected chi connectivity index (χ4v) is 13.0. The van der Waals surface area contributed by atoms with E-state index in [1.165, 1.54) is 38.3 Å². The van der Waals surface area contributed by atoms with Crippen molar-refractivity contribution in [3.05, 3.63) is 57.5 Å². The van der Waals surface area contributed by atoms with Gasteiger partial charge in [0.25, 0.3) is 7.57 Å². The van der Waals surface area contributed by atoms with Gasteiger partial charge in [-0.2, -0.15) is 0 Å². The molecule has 0 radical (unpaired) electrons. The van der Waals surface area contributed by atoms with E-state index in [-0.39, 0.29) is 28.2 Å². The summed E-state index contributed by atoms with van der Waals surface area (Å²) in [4.78, 5) is 14.2. The molecule has 53 heavy (non-hydrogen) atoms. The second-order valence-electron chi connectivity index (χ2n) is 14.1. The zero-order chi connectivity index (χ0) is 39.6. The third-order valence-corrected chi connectivity index (χ3v) is 16.9. The van der Waals surface area contributed by atoms with E-state index in [4.69, 9.17) is 27.8 Å². The first-order valence-corrected chi connectivity index (χ1v) is 23.9. The molecule has 0 saturated carbocycles. The maximum absolute atomic E-state index is 13.9. The van der Waals surface area contributed by atoms with Gasteiger partial charge >= 0.3 is 0 Å². The predicted molar refractivity (Wildman–Crippen MR) is 212 cm³/mol. The molecule has 2 aromatic rings. The first-order chi connectivity index (χ1) is 24.7. The largest absolute Gasteiger partial charge is 0.378 e. The van der Waals surface area contributed by atoms with Gasteiger partial charge in [-0.3, -0.25) is 4.79 Å². The van der Waals surface area contributed by atoms with Gasteiger partial charge < -0.3 is 32.7 Å². The lowest BCUT2D eigenvalue weighted by Gasteiger charge is -2.39. The Balaban J connectivity index is 1.67. The van der Waals surface area contributed by atoms with E-state index >= 15 is 0 Å². The van der Waals surface area contributed by atoms with E-state index < -0.39 is 86.5 Å². The summed E-state index contributed by atoms with van der Waals surface area (Å²) < 4.78 is 94.9. The molecule has 298 valence electrons. The number of hydrogen-bond acceptors (Lipinski definition) is 11. The number of carbonyl (C=O) groups excluding carboxylic acids is 1. The van der Waals surface area contributed by atoms with Crippen molar-refractivity contribution in [2.75, 3.05) is 20.8 Å². The van der Waals surface area contributed by atoms with E-state index in [0.29, 0.717) is 6.42 Å². The quantitative estimate of drug-likeness (QED) is 0.159. The average Bonchev–Trinajstić information content (AvgIpc) is 3.61. The minimum absolute atomic E-state index is 0.108. The van der Waals surface area contributed by atoms with Crippen LogP contribution in [0.15, 0.2) is 67.3 Å². The van der Waals surface area contributed by atoms with E-state index in [1.807, 2.05) is 27.7 Å². The molecule has 12 nitrogen and oxygen atoms in total. The molecule has 11 atom stereocenters. The van der Waals surface area contributed by atoms with Crippen molar-refractivity contribution in [3.63, 3.8) is 0 Å². The number of amides is 1. The van der Waals surface area contributed by atoms with Gasteiger partial charge in [0, 0.05) is 41.9 Å². The SMILES string of the molecule is C=P(OC[C@H]1O[C@@H](S(=O)(=O)c2ccc(Br)cc2)C(C)[C@H]1OC)(OC(C(C)C)C(C)N(C)C(C)=O)O[C@@H]1C(C)[C@H](S(=O)(=O)c2ccc(Br)cc2)O[C@@H]1CC. The monoisotopic (exact) mass is 927 g/mol. The lowest BCUT2D eigenvalue weighted by Crippen LogP contribution is -2.45. The Hall–Kier alpha value is -1.17. The Bertz CT molecular complexity index is 1830. The first kappa shape index (κ1) is 44.5. The summed E-state index contributed by atoms with van der Waals surface area (Å²) in [5.74, 6) is -1.56. The lowest BCUT2D eigenvalue weighted by molar-refractivity contribution is -0.132. The molecule has 0 aliphatic carbocycles. The maximum atomic E-state index is 13.9. The van der Waals surface area contributed by atoms with Crippen LogP contribution in [0.4, 0.5) is 0 Å². The van der Waals surface area contributed by atoms with Crippen molar-refractivity contribution in [2.24, 2.45) is 17.8 Å². The second-order valence-corrected chi connectivity index (χ2v) is 21.9. The molecule has 2 aromatic carbocycles. The third kappa shape index (κ3) is 9.87. The zero-order valence-electron chi connectivity index (χ0n) is 31.5. The molecule has 2 aliphatic rings. The van der Waals surface area contributed by atoms with Crippen molar-refractivity contribution in [3.8, 4) is 0 Å². The van der Waals surface area contributed by atoms with E-state index in [9.17, 15) is 21.6 Å². The van der Waals surface area contributed by atoms with Crippen LogP contribution in [0.25, 0.3) is 0 Å². The highest BCUT2D eigenvalue weighted by Crippen LogP contribution is 2.56. The molecule has 0 spiro atoms. The maximum Gasteiger partial charge on any atom is 0.251 e. The molecule has 0 bridgehead atoms. The highest BCUT2D eigenvalue weighted by Gasteiger charge is 2.52. The van der Waals surface area contributed by atoms with Crippen molar-refractivity contribution in [1.29, 1.82) is 0 Å². The minimum atomic E-state index is -3.95. The zero-order valence-corrected chi connectivity index (χ0v) is 37.2. The Labute approximate surface area is 331 Å². The van der Waals surface area contributed by atoms with Gasteiger partial charge in [-0.25, -0.2) is 16.8 Å². The number of hydrogen-bond donors (Lipinski definition) is 0. The van der Waals surface area contributed by atoms with Crippen LogP contribution in [-0.4, -0.2) is 102 Å². The first-order valence-electron chi connectivity index (χ1n) is 17.5. The molecule has 17 heteroatoms. The summed E-state index contributed by atoms with van der Waals surface area (Å²) in [7, 11) is -8.42. The predicted octanol–water partition coefficient (Wildman–Crippen LogP) is 7.11. The van der Waals surface area contributed by atoms with Crippen LogP contribution in [0.5, 0.6) is 0 Å². The highest BCUT2D eigenvalue weighted by atomic mass is 79.9. The van der Waals surface area contributed by atoms with Gasteiger partial charge in [0.15, 0.2) is 10.9 Å². The number of likely N-dealkylation sites (N-methyl/N-ethyl adjacent to an activating group) is 1. The van der Waals surface area contributed by atoms with Crippen LogP contribution in [0.1, 0.15) is 54.9 Å². The van der Waals surface area contributed by atoms with E-state index in [2.05, 4.69) is 38.2 Å². The van der Waals surface area contributed by atoms with Gasteiger partial charge in [-0.15, -0.1) is 0 Å². The summed E-state index contributed by atoms with van der Waals surface area (Å²) in [5, 5.41) is 0. The third-order valence-electron chi connectivity index (χ3n) is 10.1. The Morgan fingerprint density at radius 1 is 0.868 bits per heavy atom. The number of halogens is 2. The van der Waals surface area contributed by atoms with Gasteiger partial charge in [0.1, 0.15) is 6.10 Å². The van der Waals surface area contributed by atoms with Crippen LogP contribution in [0, 0.1) is 17.8 Å². The van der Waals surface area contributed by atoms with Crippen LogP contribution >= 0.6 is 39.4 Å². The van der Waals surface area contributed by atoms with E-state index in [1.54, 1.807) is 50.1 Å². The van der Waals surface area contributed by atoms with Crippen molar-refractivity contribution in [2.45, 2.75) is 112 Å². The fraction of sp³-hybridized carbons (Fsp3) is 0.611. The number of sulfone groups is 2. The van der Waals surface area contributed by atoms with Crippen LogP contribution in [-0.2, 0) is 52.3 Å². The highest BCUT2D eigenvalue weighted by molar-refractivity contribution is 9.10. The molecule has 2 heterocycles. The van der Waals surface area contributed by atoms with E-state index in [0.717, 1.165) is 8.95 Å². The number of carbonyl (C=O) groups is 1. The average molecular weight is 930 g/mol. The number of rotatable bonds is 16. The Kier molecular flexibility index (Phi) is 15.1. The summed E-state index contributed by atoms with van der Waals surface area (Å²) >= 11 is 6.70. The van der Waals surface area contributed by atoms with Gasteiger partial charge in [0.05, 0.1) is 46.9 Å². The molecule has 2 saturated heterocycles. The van der Waals surface area contributed by atoms with Crippen molar-refractivity contribution < 1.29 is 49.4 Å². The molecular formula is C36H52Br2NO11PS2. The topological polar surface area (TPSA) is 144 Å². The standard InChI is InChI=1S/C36H52Br2NO11PS2/c1-11-30-34(23(5)36(47-30)53(43,44)29-18-14-27(38)15-19-29)50-51(10,49-32(21(2)3)24(6)39(8)25(7)40)46-20-31-33(45-9)22(4)35(48-31)52(41,42)28-16-12-26(37)13-17-28/h12-19,21-24,30-36H,10-11,20H2,1-9H3/t22?,23?,24?,30-,31-,32?,33-,34-,35+,36+,51?/m1/s1. The van der Waals surface area contributed by atoms with Crippen LogP contribution in [0.3, 0.4) is 0 Å². The number of nitrogens with zero attached hydrogens (tertiary/aromatic N) is 1. The fourth-order valence-electron chi connectivity index (χ4n) is 6.87. The smallest absolute Gasteiger partial charge is 0.251 e. The van der Waals surface area contributed by atoms with Crippen LogP contribution < -0.4 is 0 Å². The van der Waals surface area contributed by atoms with Gasteiger partial charge in [0.2, 0.25) is 25.6 Å². The molecule has 5 unspecified atom stereocenters. The Morgan fingerprint density at radius 2 is 1.32 bits per heavy atom. The summed E-state index contributed by atoms with van der Waals surface area (Å²) in [6.45, 7) is 12.4. The normalized spacial score (nSPS) is 28.8. The van der Waals surface area contributed by atoms with Gasteiger partial charge in [-0.1, -0.05) is 66.5 Å². The lowest BCUT2D eigenvalue weighted by atomic mass is 10.00. The summed E-state index contributed by atoms with van der Waals surface area (Å²) in [6, 6.07) is 12.3. The second kappa shape index (κ2) is 18.0. The molecule has 1 amide bonds. The number of benzene rings is 2. The van der Waals surface area contributed by atoms with Crippen molar-refractivity contribution >= 4 is 71.3 Å². The molecule has 0 N–H and O–H groups in total. The number of ether oxygens (including phenoxy) is 3. The van der Waals surface area contributed by atoms with Crippen LogP contribution in [0.2, 0.25) is 0 Å². The summed E-state index contributed by atoms with van der Waals surface area (Å²) in [5.41, 5.74) is -2.45. The molecule has 4 rings (SSSR count). The molecular weight excluding hydrogens is 877 g/mol. The summed E-state index contributed by atoms with van der Waals surface area (Å²) in [6.07, 6.45) is 1.15. The Morgan fingerprint density at radius 3 is 1.74 bits per heavy atom. The number of methoxy groups -OCH3 is 1. The molecule has 2 aliphatic heterocycles. The van der Waals surface area contributed by atoms with Crippen molar-refractivity contribution in [1.82, 2.24) is 4.90 Å². The van der Waals surface area contributed by atoms with Gasteiger partial charge in [-0.05, 0) is 74.1 Å². The molecule has 0 aromatic heterocycles.